The van der Waals surface area contributed by atoms with Crippen LogP contribution in [0.15, 0.2) is 0 Å². The molecular weight excluding hydrogens is 204 g/mol. The first-order valence-corrected chi connectivity index (χ1v) is 6.04. The van der Waals surface area contributed by atoms with E-state index in [2.05, 4.69) is 26.1 Å². The lowest BCUT2D eigenvalue weighted by Crippen LogP contribution is -2.47. The molecule has 1 aliphatic rings. The summed E-state index contributed by atoms with van der Waals surface area (Å²) in [6.45, 7) is 12.5. The maximum Gasteiger partial charge on any atom is 0.409 e. The van der Waals surface area contributed by atoms with Gasteiger partial charge in [-0.1, -0.05) is 34.6 Å². The van der Waals surface area contributed by atoms with Crippen LogP contribution in [0.25, 0.3) is 0 Å². The summed E-state index contributed by atoms with van der Waals surface area (Å²) in [5.41, 5.74) is 0.150. The molecule has 1 heterocycles. The molecule has 1 rings (SSSR count). The lowest BCUT2D eigenvalue weighted by atomic mass is 9.86. The highest BCUT2D eigenvalue weighted by molar-refractivity contribution is 5.69. The molecule has 1 saturated heterocycles. The molecule has 4 heteroatoms. The van der Waals surface area contributed by atoms with Gasteiger partial charge in [-0.25, -0.2) is 4.79 Å². The molecule has 1 fully saturated rings. The van der Waals surface area contributed by atoms with Crippen LogP contribution < -0.4 is 5.32 Å². The van der Waals surface area contributed by atoms with E-state index >= 15 is 0 Å². The Labute approximate surface area is 99.3 Å². The Morgan fingerprint density at radius 3 is 2.31 bits per heavy atom. The average Bonchev–Trinajstić information content (AvgIpc) is 2.62. The van der Waals surface area contributed by atoms with Gasteiger partial charge in [-0.3, -0.25) is 0 Å². The van der Waals surface area contributed by atoms with Gasteiger partial charge in [0.25, 0.3) is 0 Å². The molecule has 0 aromatic carbocycles. The Bertz CT molecular complexity index is 212. The number of hydrogen-bond donors (Lipinski definition) is 1. The third-order valence-corrected chi connectivity index (χ3v) is 2.64. The lowest BCUT2D eigenvalue weighted by molar-refractivity contribution is 0.148. The summed E-state index contributed by atoms with van der Waals surface area (Å²) < 4.78 is 4.88. The summed E-state index contributed by atoms with van der Waals surface area (Å²) in [4.78, 5) is 13.0. The molecule has 0 saturated carbocycles. The second-order valence-electron chi connectivity index (χ2n) is 4.77. The molecule has 1 atom stereocenters. The van der Waals surface area contributed by atoms with E-state index < -0.39 is 0 Å². The molecule has 16 heavy (non-hydrogen) atoms. The van der Waals surface area contributed by atoms with Gasteiger partial charge in [0, 0.05) is 12.6 Å². The number of hydrogen-bond acceptors (Lipinski definition) is 3. The van der Waals surface area contributed by atoms with Crippen molar-refractivity contribution in [2.75, 3.05) is 26.7 Å². The fourth-order valence-corrected chi connectivity index (χ4v) is 1.61. The molecule has 0 spiro atoms. The predicted molar refractivity (Wildman–Crippen MR) is 66.6 cm³/mol. The maximum atomic E-state index is 11.2. The Morgan fingerprint density at radius 1 is 1.44 bits per heavy atom. The number of cyclic esters (lactones) is 1. The van der Waals surface area contributed by atoms with Crippen molar-refractivity contribution < 1.29 is 9.53 Å². The Balaban J connectivity index is 0.00000106. The molecule has 1 unspecified atom stereocenters. The third-order valence-electron chi connectivity index (χ3n) is 2.64. The number of nitrogens with one attached hydrogen (secondary N) is 1. The summed E-state index contributed by atoms with van der Waals surface area (Å²) in [5.74, 6) is 0. The lowest BCUT2D eigenvalue weighted by Gasteiger charge is -2.32. The van der Waals surface area contributed by atoms with Crippen LogP contribution in [0.5, 0.6) is 0 Å². The highest BCUT2D eigenvalue weighted by Crippen LogP contribution is 2.20. The SMILES string of the molecule is CC.CNC(CN1CCOC1=O)C(C)(C)C. The molecule has 0 aliphatic carbocycles. The fourth-order valence-electron chi connectivity index (χ4n) is 1.61. The summed E-state index contributed by atoms with van der Waals surface area (Å²) >= 11 is 0. The topological polar surface area (TPSA) is 41.6 Å². The summed E-state index contributed by atoms with van der Waals surface area (Å²) in [5, 5.41) is 3.24. The Morgan fingerprint density at radius 2 is 2.00 bits per heavy atom. The van der Waals surface area contributed by atoms with E-state index in [4.69, 9.17) is 4.74 Å². The average molecular weight is 230 g/mol. The van der Waals surface area contributed by atoms with Crippen molar-refractivity contribution in [3.8, 4) is 0 Å². The van der Waals surface area contributed by atoms with Crippen molar-refractivity contribution in [2.45, 2.75) is 40.7 Å². The van der Waals surface area contributed by atoms with Crippen LogP contribution in [0.3, 0.4) is 0 Å². The first-order valence-electron chi connectivity index (χ1n) is 6.04. The molecule has 0 aromatic heterocycles. The van der Waals surface area contributed by atoms with E-state index in [1.807, 2.05) is 20.9 Å². The normalized spacial score (nSPS) is 17.6. The van der Waals surface area contributed by atoms with E-state index in [1.54, 1.807) is 4.90 Å². The minimum atomic E-state index is -0.186. The Hall–Kier alpha value is -0.770. The van der Waals surface area contributed by atoms with Crippen LogP contribution in [0, 0.1) is 5.41 Å². The molecule has 4 nitrogen and oxygen atoms in total. The minimum absolute atomic E-state index is 0.150. The van der Waals surface area contributed by atoms with Gasteiger partial charge in [-0.05, 0) is 12.5 Å². The second kappa shape index (κ2) is 6.74. The zero-order valence-corrected chi connectivity index (χ0v) is 11.5. The first-order chi connectivity index (χ1) is 7.45. The van der Waals surface area contributed by atoms with Crippen LogP contribution in [0.1, 0.15) is 34.6 Å². The number of rotatable bonds is 3. The molecule has 0 radical (unpaired) electrons. The monoisotopic (exact) mass is 230 g/mol. The largest absolute Gasteiger partial charge is 0.448 e. The van der Waals surface area contributed by atoms with Crippen LogP contribution in [-0.4, -0.2) is 43.8 Å². The van der Waals surface area contributed by atoms with Crippen molar-refractivity contribution in [3.05, 3.63) is 0 Å². The summed E-state index contributed by atoms with van der Waals surface area (Å²) in [7, 11) is 1.93. The second-order valence-corrected chi connectivity index (χ2v) is 4.77. The van der Waals surface area contributed by atoms with Gasteiger partial charge in [0.05, 0.1) is 6.54 Å². The van der Waals surface area contributed by atoms with Gasteiger partial charge in [-0.2, -0.15) is 0 Å². The van der Waals surface area contributed by atoms with E-state index in [0.717, 1.165) is 6.54 Å². The molecule has 1 N–H and O–H groups in total. The molecule has 0 bridgehead atoms. The van der Waals surface area contributed by atoms with E-state index in [-0.39, 0.29) is 11.5 Å². The van der Waals surface area contributed by atoms with Gasteiger partial charge in [-0.15, -0.1) is 0 Å². The van der Waals surface area contributed by atoms with Gasteiger partial charge in [0.15, 0.2) is 0 Å². The molecule has 1 amide bonds. The van der Waals surface area contributed by atoms with Crippen molar-refractivity contribution in [1.82, 2.24) is 10.2 Å². The van der Waals surface area contributed by atoms with Crippen LogP contribution in [0.4, 0.5) is 4.79 Å². The Kier molecular flexibility index (Phi) is 6.41. The zero-order valence-electron chi connectivity index (χ0n) is 11.5. The quantitative estimate of drug-likeness (QED) is 0.807. The molecule has 1 aliphatic heterocycles. The molecule has 96 valence electrons. The summed E-state index contributed by atoms with van der Waals surface area (Å²) in [6.07, 6.45) is -0.186. The number of carbonyl (C=O) groups is 1. The van der Waals surface area contributed by atoms with Crippen molar-refractivity contribution >= 4 is 6.09 Å². The van der Waals surface area contributed by atoms with Gasteiger partial charge < -0.3 is 15.0 Å². The smallest absolute Gasteiger partial charge is 0.409 e. The highest BCUT2D eigenvalue weighted by atomic mass is 16.6. The van der Waals surface area contributed by atoms with Crippen LogP contribution in [-0.2, 0) is 4.74 Å². The van der Waals surface area contributed by atoms with E-state index in [9.17, 15) is 4.79 Å². The van der Waals surface area contributed by atoms with Crippen molar-refractivity contribution in [2.24, 2.45) is 5.41 Å². The van der Waals surface area contributed by atoms with Gasteiger partial charge >= 0.3 is 6.09 Å². The number of amides is 1. The number of nitrogens with zero attached hydrogens (tertiary/aromatic N) is 1. The molecule has 0 aromatic rings. The van der Waals surface area contributed by atoms with Gasteiger partial charge in [0.1, 0.15) is 6.61 Å². The number of ether oxygens (including phenoxy) is 1. The fraction of sp³-hybridized carbons (Fsp3) is 0.917. The zero-order chi connectivity index (χ0) is 12.8. The molecular formula is C12H26N2O2. The number of carbonyl (C=O) groups excluding carboxylic acids is 1. The van der Waals surface area contributed by atoms with E-state index in [0.29, 0.717) is 19.2 Å². The van der Waals surface area contributed by atoms with Gasteiger partial charge in [0.2, 0.25) is 0 Å². The summed E-state index contributed by atoms with van der Waals surface area (Å²) in [6, 6.07) is 0.299. The van der Waals surface area contributed by atoms with Crippen molar-refractivity contribution in [1.29, 1.82) is 0 Å². The van der Waals surface area contributed by atoms with Crippen LogP contribution >= 0.6 is 0 Å². The van der Waals surface area contributed by atoms with Crippen molar-refractivity contribution in [3.63, 3.8) is 0 Å². The minimum Gasteiger partial charge on any atom is -0.448 e. The maximum absolute atomic E-state index is 11.2. The predicted octanol–water partition coefficient (Wildman–Crippen LogP) is 2.10. The standard InChI is InChI=1S/C10H20N2O2.C2H6/c1-10(2,3)8(11-4)7-12-5-6-14-9(12)13;1-2/h8,11H,5-7H2,1-4H3;1-2H3. The third kappa shape index (κ3) is 4.39. The van der Waals surface area contributed by atoms with E-state index in [1.165, 1.54) is 0 Å². The number of likely N-dealkylation sites (N-methyl/N-ethyl adjacent to an activating group) is 1. The highest BCUT2D eigenvalue weighted by Gasteiger charge is 2.30. The first kappa shape index (κ1) is 15.2. The van der Waals surface area contributed by atoms with Crippen LogP contribution in [0.2, 0.25) is 0 Å².